The van der Waals surface area contributed by atoms with E-state index in [1.807, 2.05) is 26.0 Å². The number of thiazole rings is 1. The van der Waals surface area contributed by atoms with Gasteiger partial charge in [0.1, 0.15) is 11.6 Å². The van der Waals surface area contributed by atoms with Gasteiger partial charge < -0.3 is 15.4 Å². The summed E-state index contributed by atoms with van der Waals surface area (Å²) in [5, 5.41) is 14.7. The molecule has 2 amide bonds. The van der Waals surface area contributed by atoms with E-state index in [1.54, 1.807) is 39.1 Å². The number of nitrogens with one attached hydrogen (secondary N) is 2. The molecule has 1 unspecified atom stereocenters. The largest absolute Gasteiger partial charge is 0.444 e. The number of hydrogen-bond donors (Lipinski definition) is 2. The molecule has 0 aliphatic heterocycles. The van der Waals surface area contributed by atoms with Crippen LogP contribution >= 0.6 is 11.3 Å². The lowest BCUT2D eigenvalue weighted by molar-refractivity contribution is -0.119. The van der Waals surface area contributed by atoms with Crippen LogP contribution in [-0.2, 0) is 16.0 Å². The predicted molar refractivity (Wildman–Crippen MR) is 113 cm³/mol. The lowest BCUT2D eigenvalue weighted by Gasteiger charge is -2.24. The van der Waals surface area contributed by atoms with E-state index in [0.29, 0.717) is 17.1 Å². The summed E-state index contributed by atoms with van der Waals surface area (Å²) >= 11 is 1.37. The highest BCUT2D eigenvalue weighted by molar-refractivity contribution is 7.15. The van der Waals surface area contributed by atoms with Crippen molar-refractivity contribution >= 4 is 28.5 Å². The van der Waals surface area contributed by atoms with Gasteiger partial charge in [-0.05, 0) is 44.4 Å². The van der Waals surface area contributed by atoms with E-state index in [0.717, 1.165) is 10.4 Å². The van der Waals surface area contributed by atoms with E-state index in [1.165, 1.54) is 11.3 Å². The number of ether oxygens (including phenoxy) is 1. The molecule has 1 heterocycles. The van der Waals surface area contributed by atoms with E-state index in [4.69, 9.17) is 10.00 Å². The number of hydrogen-bond acceptors (Lipinski definition) is 6. The van der Waals surface area contributed by atoms with Crippen molar-refractivity contribution in [3.8, 4) is 6.07 Å². The Morgan fingerprint density at radius 1 is 1.24 bits per heavy atom. The van der Waals surface area contributed by atoms with E-state index in [2.05, 4.69) is 21.7 Å². The minimum atomic E-state index is -0.740. The molecule has 7 nitrogen and oxygen atoms in total. The van der Waals surface area contributed by atoms with Gasteiger partial charge in [0.2, 0.25) is 5.91 Å². The van der Waals surface area contributed by atoms with Gasteiger partial charge in [-0.1, -0.05) is 26.0 Å². The van der Waals surface area contributed by atoms with Gasteiger partial charge in [0.05, 0.1) is 11.6 Å². The van der Waals surface area contributed by atoms with Crippen LogP contribution in [0.4, 0.5) is 9.93 Å². The van der Waals surface area contributed by atoms with Crippen molar-refractivity contribution in [1.29, 1.82) is 5.26 Å². The van der Waals surface area contributed by atoms with Crippen LogP contribution < -0.4 is 10.6 Å². The van der Waals surface area contributed by atoms with Crippen LogP contribution in [-0.4, -0.2) is 28.6 Å². The highest BCUT2D eigenvalue weighted by Gasteiger charge is 2.27. The molecule has 2 N–H and O–H groups in total. The van der Waals surface area contributed by atoms with Crippen molar-refractivity contribution in [2.24, 2.45) is 5.92 Å². The van der Waals surface area contributed by atoms with Gasteiger partial charge in [-0.2, -0.15) is 5.26 Å². The summed E-state index contributed by atoms with van der Waals surface area (Å²) in [6.45, 7) is 8.99. The summed E-state index contributed by atoms with van der Waals surface area (Å²) in [5.74, 6) is -0.467. The number of alkyl carbamates (subject to hydrolysis) is 1. The molecule has 2 aromatic rings. The Bertz CT molecular complexity index is 892. The van der Waals surface area contributed by atoms with Crippen LogP contribution in [0.15, 0.2) is 30.5 Å². The first kappa shape index (κ1) is 22.4. The molecular formula is C21H26N4O3S. The first-order valence-electron chi connectivity index (χ1n) is 9.31. The molecule has 154 valence electrons. The maximum atomic E-state index is 12.6. The highest BCUT2D eigenvalue weighted by Crippen LogP contribution is 2.22. The minimum Gasteiger partial charge on any atom is -0.444 e. The highest BCUT2D eigenvalue weighted by atomic mass is 32.1. The second kappa shape index (κ2) is 9.52. The summed E-state index contributed by atoms with van der Waals surface area (Å²) in [6.07, 6.45) is 1.74. The molecule has 0 fully saturated rings. The Morgan fingerprint density at radius 3 is 2.45 bits per heavy atom. The van der Waals surface area contributed by atoms with Crippen LogP contribution in [0.25, 0.3) is 0 Å². The number of carbonyl (C=O) groups excluding carboxylic acids is 2. The lowest BCUT2D eigenvalue weighted by Crippen LogP contribution is -2.48. The van der Waals surface area contributed by atoms with Crippen molar-refractivity contribution in [3.63, 3.8) is 0 Å². The summed E-state index contributed by atoms with van der Waals surface area (Å²) in [7, 11) is 0. The first-order valence-corrected chi connectivity index (χ1v) is 10.1. The molecule has 1 atom stereocenters. The van der Waals surface area contributed by atoms with Crippen LogP contribution in [0.3, 0.4) is 0 Å². The molecule has 8 heteroatoms. The van der Waals surface area contributed by atoms with Gasteiger partial charge in [-0.3, -0.25) is 4.79 Å². The van der Waals surface area contributed by atoms with E-state index in [-0.39, 0.29) is 11.8 Å². The van der Waals surface area contributed by atoms with Crippen molar-refractivity contribution in [3.05, 3.63) is 46.5 Å². The summed E-state index contributed by atoms with van der Waals surface area (Å²) in [4.78, 5) is 29.9. The number of aromatic nitrogens is 1. The van der Waals surface area contributed by atoms with Crippen LogP contribution in [0.2, 0.25) is 0 Å². The molecule has 0 aliphatic carbocycles. The average Bonchev–Trinajstić information content (AvgIpc) is 3.05. The van der Waals surface area contributed by atoms with Gasteiger partial charge in [-0.15, -0.1) is 11.3 Å². The SMILES string of the molecule is CC(C)C(NC(=O)OC(C)(C)C)C(=O)Nc1ncc(Cc2ccc(C#N)cc2)s1. The Kier molecular flexibility index (Phi) is 7.35. The van der Waals surface area contributed by atoms with Crippen LogP contribution in [0.5, 0.6) is 0 Å². The molecule has 1 aromatic carbocycles. The number of amides is 2. The lowest BCUT2D eigenvalue weighted by atomic mass is 10.0. The number of nitrogens with zero attached hydrogens (tertiary/aromatic N) is 2. The monoisotopic (exact) mass is 414 g/mol. The molecule has 0 bridgehead atoms. The molecule has 0 radical (unpaired) electrons. The Balaban J connectivity index is 1.99. The quantitative estimate of drug-likeness (QED) is 0.741. The van der Waals surface area contributed by atoms with Gasteiger partial charge in [0, 0.05) is 17.5 Å². The molecule has 1 aromatic heterocycles. The zero-order chi connectivity index (χ0) is 21.6. The fourth-order valence-corrected chi connectivity index (χ4v) is 3.35. The number of rotatable bonds is 6. The van der Waals surface area contributed by atoms with Crippen LogP contribution in [0, 0.1) is 17.2 Å². The molecule has 0 spiro atoms. The Labute approximate surface area is 175 Å². The third-order valence-corrected chi connectivity index (χ3v) is 4.78. The molecule has 0 aliphatic rings. The zero-order valence-electron chi connectivity index (χ0n) is 17.3. The van der Waals surface area contributed by atoms with Gasteiger partial charge in [-0.25, -0.2) is 9.78 Å². The summed E-state index contributed by atoms with van der Waals surface area (Å²) in [6, 6.07) is 8.70. The van der Waals surface area contributed by atoms with Crippen molar-refractivity contribution < 1.29 is 14.3 Å². The maximum absolute atomic E-state index is 12.6. The van der Waals surface area contributed by atoms with Crippen molar-refractivity contribution in [2.75, 3.05) is 5.32 Å². The number of anilines is 1. The Morgan fingerprint density at radius 2 is 1.90 bits per heavy atom. The van der Waals surface area contributed by atoms with E-state index < -0.39 is 17.7 Å². The minimum absolute atomic E-state index is 0.124. The van der Waals surface area contributed by atoms with E-state index >= 15 is 0 Å². The van der Waals surface area contributed by atoms with Crippen molar-refractivity contribution in [1.82, 2.24) is 10.3 Å². The average molecular weight is 415 g/mol. The number of carbonyl (C=O) groups is 2. The molecular weight excluding hydrogens is 388 g/mol. The van der Waals surface area contributed by atoms with Crippen molar-refractivity contribution in [2.45, 2.75) is 52.7 Å². The smallest absolute Gasteiger partial charge is 0.408 e. The second-order valence-electron chi connectivity index (χ2n) is 7.97. The van der Waals surface area contributed by atoms with Crippen LogP contribution in [0.1, 0.15) is 50.6 Å². The standard InChI is InChI=1S/C21H26N4O3S/c1-13(2)17(24-20(27)28-21(3,4)5)18(26)25-19-23-12-16(29-19)10-14-6-8-15(11-22)9-7-14/h6-9,12-13,17H,10H2,1-5H3,(H,24,27)(H,23,25,26). The topological polar surface area (TPSA) is 104 Å². The van der Waals surface area contributed by atoms with E-state index in [9.17, 15) is 9.59 Å². The summed E-state index contributed by atoms with van der Waals surface area (Å²) in [5.41, 5.74) is 1.03. The molecule has 29 heavy (non-hydrogen) atoms. The maximum Gasteiger partial charge on any atom is 0.408 e. The third kappa shape index (κ3) is 7.20. The Hall–Kier alpha value is -2.92. The third-order valence-electron chi connectivity index (χ3n) is 3.87. The fraction of sp³-hybridized carbons (Fsp3) is 0.429. The predicted octanol–water partition coefficient (Wildman–Crippen LogP) is 4.09. The normalized spacial score (nSPS) is 12.2. The zero-order valence-corrected chi connectivity index (χ0v) is 18.1. The van der Waals surface area contributed by atoms with Gasteiger partial charge in [0.25, 0.3) is 0 Å². The molecule has 0 saturated carbocycles. The molecule has 0 saturated heterocycles. The summed E-state index contributed by atoms with van der Waals surface area (Å²) < 4.78 is 5.24. The first-order chi connectivity index (χ1) is 13.6. The van der Waals surface area contributed by atoms with Gasteiger partial charge in [0.15, 0.2) is 5.13 Å². The second-order valence-corrected chi connectivity index (χ2v) is 9.09. The fourth-order valence-electron chi connectivity index (χ4n) is 2.50. The molecule has 2 rings (SSSR count). The van der Waals surface area contributed by atoms with Gasteiger partial charge >= 0.3 is 6.09 Å². The number of benzene rings is 1. The number of nitriles is 1.